The second kappa shape index (κ2) is 6.88. The number of likely N-dealkylation sites (N-methyl/N-ethyl adjacent to an activating group) is 1. The third-order valence-electron chi connectivity index (χ3n) is 2.12. The lowest BCUT2D eigenvalue weighted by molar-refractivity contribution is -0.135. The van der Waals surface area contributed by atoms with Crippen molar-refractivity contribution in [2.75, 3.05) is 20.3 Å². The number of carbonyl (C=O) groups is 1. The van der Waals surface area contributed by atoms with E-state index in [4.69, 9.17) is 15.3 Å². The van der Waals surface area contributed by atoms with Gasteiger partial charge in [-0.25, -0.2) is 5.84 Å². The van der Waals surface area contributed by atoms with Gasteiger partial charge >= 0.3 is 0 Å². The van der Waals surface area contributed by atoms with Gasteiger partial charge in [-0.15, -0.1) is 0 Å². The van der Waals surface area contributed by atoms with Crippen molar-refractivity contribution in [3.8, 4) is 5.75 Å². The van der Waals surface area contributed by atoms with Crippen LogP contribution in [0.5, 0.6) is 5.75 Å². The highest BCUT2D eigenvalue weighted by Gasteiger charge is 2.04. The van der Waals surface area contributed by atoms with Crippen LogP contribution in [0.25, 0.3) is 0 Å². The highest BCUT2D eigenvalue weighted by Crippen LogP contribution is 2.12. The van der Waals surface area contributed by atoms with Crippen molar-refractivity contribution in [2.45, 2.75) is 13.5 Å². The molecule has 2 N–H and O–H groups in total. The molecule has 0 aliphatic heterocycles. The number of hydrogen-bond acceptors (Lipinski definition) is 4. The largest absolute Gasteiger partial charge is 0.494 e. The summed E-state index contributed by atoms with van der Waals surface area (Å²) in [4.78, 5) is 11.1. The van der Waals surface area contributed by atoms with Crippen LogP contribution < -0.4 is 10.6 Å². The lowest BCUT2D eigenvalue weighted by Gasteiger charge is -2.10. The molecule has 0 unspecified atom stereocenters. The number of rotatable bonds is 6. The summed E-state index contributed by atoms with van der Waals surface area (Å²) >= 11 is 0. The van der Waals surface area contributed by atoms with Crippen LogP contribution in [0.15, 0.2) is 24.3 Å². The summed E-state index contributed by atoms with van der Waals surface area (Å²) in [5.41, 5.74) is 0.987. The third kappa shape index (κ3) is 4.84. The molecule has 0 aromatic heterocycles. The molecule has 1 amide bonds. The van der Waals surface area contributed by atoms with Gasteiger partial charge in [0.15, 0.2) is 0 Å². The standard InChI is InChI=1S/C12H18N2O3/c1-3-17-11-6-4-10(5-7-11)8-16-9-12(15)14(2)13/h4-7H,3,8-9,13H2,1-2H3. The first-order chi connectivity index (χ1) is 8.13. The number of benzene rings is 1. The normalized spacial score (nSPS) is 10.1. The van der Waals surface area contributed by atoms with Crippen LogP contribution in [-0.4, -0.2) is 31.2 Å². The molecule has 0 radical (unpaired) electrons. The molecular weight excluding hydrogens is 220 g/mol. The number of nitrogens with two attached hydrogens (primary N) is 1. The Morgan fingerprint density at radius 1 is 1.35 bits per heavy atom. The van der Waals surface area contributed by atoms with Crippen LogP contribution in [0, 0.1) is 0 Å². The predicted octanol–water partition coefficient (Wildman–Crippen LogP) is 0.934. The monoisotopic (exact) mass is 238 g/mol. The zero-order valence-corrected chi connectivity index (χ0v) is 10.2. The lowest BCUT2D eigenvalue weighted by atomic mass is 10.2. The molecule has 5 nitrogen and oxygen atoms in total. The summed E-state index contributed by atoms with van der Waals surface area (Å²) in [5, 5.41) is 1.01. The molecule has 0 saturated carbocycles. The van der Waals surface area contributed by atoms with Crippen molar-refractivity contribution in [3.05, 3.63) is 29.8 Å². The molecule has 1 aromatic rings. The maximum Gasteiger partial charge on any atom is 0.262 e. The minimum atomic E-state index is -0.254. The summed E-state index contributed by atoms with van der Waals surface area (Å²) in [6.07, 6.45) is 0. The van der Waals surface area contributed by atoms with Crippen LogP contribution in [-0.2, 0) is 16.1 Å². The number of hydrazine groups is 1. The van der Waals surface area contributed by atoms with E-state index >= 15 is 0 Å². The van der Waals surface area contributed by atoms with Gasteiger partial charge in [0, 0.05) is 7.05 Å². The van der Waals surface area contributed by atoms with Crippen LogP contribution in [0.1, 0.15) is 12.5 Å². The summed E-state index contributed by atoms with van der Waals surface area (Å²) < 4.78 is 10.5. The van der Waals surface area contributed by atoms with Gasteiger partial charge in [-0.3, -0.25) is 9.80 Å². The molecule has 0 atom stereocenters. The Balaban J connectivity index is 2.34. The van der Waals surface area contributed by atoms with Crippen molar-refractivity contribution in [1.29, 1.82) is 0 Å². The summed E-state index contributed by atoms with van der Waals surface area (Å²) in [6, 6.07) is 7.56. The number of hydrogen-bond donors (Lipinski definition) is 1. The van der Waals surface area contributed by atoms with E-state index in [-0.39, 0.29) is 12.5 Å². The van der Waals surface area contributed by atoms with E-state index in [9.17, 15) is 4.79 Å². The highest BCUT2D eigenvalue weighted by atomic mass is 16.5. The molecule has 0 aliphatic rings. The molecule has 0 bridgehead atoms. The van der Waals surface area contributed by atoms with Crippen LogP contribution in [0.3, 0.4) is 0 Å². The molecular formula is C12H18N2O3. The van der Waals surface area contributed by atoms with Crippen molar-refractivity contribution in [3.63, 3.8) is 0 Å². The molecule has 94 valence electrons. The molecule has 0 fully saturated rings. The molecule has 1 rings (SSSR count). The van der Waals surface area contributed by atoms with Crippen molar-refractivity contribution < 1.29 is 14.3 Å². The smallest absolute Gasteiger partial charge is 0.262 e. The molecule has 5 heteroatoms. The summed E-state index contributed by atoms with van der Waals surface area (Å²) in [5.74, 6) is 5.83. The SMILES string of the molecule is CCOc1ccc(COCC(=O)N(C)N)cc1. The second-order valence-electron chi connectivity index (χ2n) is 3.57. The first-order valence-electron chi connectivity index (χ1n) is 5.44. The zero-order valence-electron chi connectivity index (χ0n) is 10.2. The van der Waals surface area contributed by atoms with E-state index in [0.717, 1.165) is 16.3 Å². The minimum Gasteiger partial charge on any atom is -0.494 e. The quantitative estimate of drug-likeness (QED) is 0.455. The number of carbonyl (C=O) groups excluding carboxylic acids is 1. The fourth-order valence-corrected chi connectivity index (χ4v) is 1.21. The average Bonchev–Trinajstić information content (AvgIpc) is 2.31. The van der Waals surface area contributed by atoms with Gasteiger partial charge in [0.2, 0.25) is 0 Å². The lowest BCUT2D eigenvalue weighted by Crippen LogP contribution is -2.35. The Kier molecular flexibility index (Phi) is 5.45. The average molecular weight is 238 g/mol. The number of nitrogens with zero attached hydrogens (tertiary/aromatic N) is 1. The molecule has 17 heavy (non-hydrogen) atoms. The van der Waals surface area contributed by atoms with Crippen molar-refractivity contribution >= 4 is 5.91 Å². The van der Waals surface area contributed by atoms with E-state index < -0.39 is 0 Å². The minimum absolute atomic E-state index is 0.0137. The van der Waals surface area contributed by atoms with E-state index in [1.165, 1.54) is 7.05 Å². The molecule has 0 spiro atoms. The molecule has 0 heterocycles. The number of ether oxygens (including phenoxy) is 2. The highest BCUT2D eigenvalue weighted by molar-refractivity contribution is 5.76. The number of amides is 1. The third-order valence-corrected chi connectivity index (χ3v) is 2.12. The van der Waals surface area contributed by atoms with Gasteiger partial charge in [-0.05, 0) is 24.6 Å². The maximum atomic E-state index is 11.1. The Morgan fingerprint density at radius 2 is 2.00 bits per heavy atom. The molecule has 1 aromatic carbocycles. The topological polar surface area (TPSA) is 64.8 Å². The van der Waals surface area contributed by atoms with Crippen LogP contribution in [0.4, 0.5) is 0 Å². The Morgan fingerprint density at radius 3 is 2.53 bits per heavy atom. The van der Waals surface area contributed by atoms with E-state index in [2.05, 4.69) is 0 Å². The zero-order chi connectivity index (χ0) is 12.7. The molecule has 0 saturated heterocycles. The van der Waals surface area contributed by atoms with Gasteiger partial charge in [0.1, 0.15) is 12.4 Å². The van der Waals surface area contributed by atoms with Crippen molar-refractivity contribution in [2.24, 2.45) is 5.84 Å². The first kappa shape index (κ1) is 13.5. The molecule has 0 aliphatic carbocycles. The van der Waals surface area contributed by atoms with Gasteiger partial charge in [-0.1, -0.05) is 12.1 Å². The van der Waals surface area contributed by atoms with Crippen LogP contribution in [0.2, 0.25) is 0 Å². The second-order valence-corrected chi connectivity index (χ2v) is 3.57. The van der Waals surface area contributed by atoms with E-state index in [1.807, 2.05) is 31.2 Å². The Hall–Kier alpha value is -1.59. The first-order valence-corrected chi connectivity index (χ1v) is 5.44. The van der Waals surface area contributed by atoms with E-state index in [1.54, 1.807) is 0 Å². The summed E-state index contributed by atoms with van der Waals surface area (Å²) in [6.45, 7) is 2.95. The Bertz CT molecular complexity index is 349. The van der Waals surface area contributed by atoms with Crippen LogP contribution >= 0.6 is 0 Å². The fourth-order valence-electron chi connectivity index (χ4n) is 1.21. The predicted molar refractivity (Wildman–Crippen MR) is 64.2 cm³/mol. The van der Waals surface area contributed by atoms with Gasteiger partial charge in [-0.2, -0.15) is 0 Å². The maximum absolute atomic E-state index is 11.1. The van der Waals surface area contributed by atoms with E-state index in [0.29, 0.717) is 13.2 Å². The fraction of sp³-hybridized carbons (Fsp3) is 0.417. The summed E-state index contributed by atoms with van der Waals surface area (Å²) in [7, 11) is 1.49. The van der Waals surface area contributed by atoms with Crippen molar-refractivity contribution in [1.82, 2.24) is 5.01 Å². The Labute approximate surface area is 101 Å². The van der Waals surface area contributed by atoms with Gasteiger partial charge in [0.25, 0.3) is 5.91 Å². The van der Waals surface area contributed by atoms with Gasteiger partial charge < -0.3 is 9.47 Å². The van der Waals surface area contributed by atoms with Gasteiger partial charge in [0.05, 0.1) is 13.2 Å².